The molecule has 0 saturated heterocycles. The minimum absolute atomic E-state index is 0.300. The molecule has 0 saturated carbocycles. The molecule has 4 N–H and O–H groups in total. The summed E-state index contributed by atoms with van der Waals surface area (Å²) >= 11 is 0. The van der Waals surface area contributed by atoms with Crippen molar-refractivity contribution in [2.45, 2.75) is 19.4 Å². The summed E-state index contributed by atoms with van der Waals surface area (Å²) in [5, 5.41) is 1.00. The van der Waals surface area contributed by atoms with E-state index in [0.717, 1.165) is 21.7 Å². The quantitative estimate of drug-likeness (QED) is 0.463. The van der Waals surface area contributed by atoms with Gasteiger partial charge in [-0.1, -0.05) is 6.07 Å². The van der Waals surface area contributed by atoms with Crippen LogP contribution in [0.3, 0.4) is 0 Å². The zero-order valence-electron chi connectivity index (χ0n) is 10.4. The average Bonchev–Trinajstić information content (AvgIpc) is 2.67. The predicted molar refractivity (Wildman–Crippen MR) is 67.4 cm³/mol. The molecular weight excluding hydrogens is 232 g/mol. The molecule has 0 aliphatic carbocycles. The van der Waals surface area contributed by atoms with Crippen LogP contribution in [0.4, 0.5) is 0 Å². The third kappa shape index (κ3) is 2.49. The maximum atomic E-state index is 11.6. The van der Waals surface area contributed by atoms with Gasteiger partial charge in [-0.2, -0.15) is 0 Å². The highest BCUT2D eigenvalue weighted by Gasteiger charge is 2.16. The van der Waals surface area contributed by atoms with Gasteiger partial charge in [-0.3, -0.25) is 9.80 Å². The number of nitrogens with two attached hydrogens (primary N) is 2. The van der Waals surface area contributed by atoms with Gasteiger partial charge < -0.3 is 10.2 Å². The molecule has 0 spiro atoms. The van der Waals surface area contributed by atoms with Gasteiger partial charge in [0.25, 0.3) is 5.91 Å². The van der Waals surface area contributed by atoms with Crippen molar-refractivity contribution in [3.63, 3.8) is 0 Å². The minimum atomic E-state index is -0.648. The summed E-state index contributed by atoms with van der Waals surface area (Å²) in [6.45, 7) is 1.79. The second kappa shape index (κ2) is 4.75. The molecule has 2 rings (SSSR count). The lowest BCUT2D eigenvalue weighted by atomic mass is 10.1. The molecule has 1 amide bonds. The number of hydrogen-bond donors (Lipinski definition) is 2. The van der Waals surface area contributed by atoms with Gasteiger partial charge in [0.05, 0.1) is 6.04 Å². The lowest BCUT2D eigenvalue weighted by Gasteiger charge is -2.16. The molecule has 0 aliphatic rings. The number of likely N-dealkylation sites (N-methyl/N-ethyl adjacent to an activating group) is 1. The summed E-state index contributed by atoms with van der Waals surface area (Å²) in [6, 6.07) is 4.92. The van der Waals surface area contributed by atoms with Gasteiger partial charge in [0.15, 0.2) is 11.5 Å². The Labute approximate surface area is 105 Å². The summed E-state index contributed by atoms with van der Waals surface area (Å²) < 4.78 is 5.38. The number of nitrogens with zero attached hydrogens (tertiary/aromatic N) is 2. The number of hydrogen-bond acceptors (Lipinski definition) is 5. The monoisotopic (exact) mass is 248 g/mol. The van der Waals surface area contributed by atoms with Crippen molar-refractivity contribution >= 4 is 17.0 Å². The van der Waals surface area contributed by atoms with Crippen LogP contribution in [0.5, 0.6) is 0 Å². The maximum absolute atomic E-state index is 11.6. The first-order valence-corrected chi connectivity index (χ1v) is 5.61. The second-order valence-electron chi connectivity index (χ2n) is 4.29. The molecule has 1 aromatic carbocycles. The van der Waals surface area contributed by atoms with Gasteiger partial charge in [0, 0.05) is 14.0 Å². The van der Waals surface area contributed by atoms with Crippen LogP contribution in [0, 0.1) is 6.92 Å². The summed E-state index contributed by atoms with van der Waals surface area (Å²) in [7, 11) is 1.48. The zero-order chi connectivity index (χ0) is 13.3. The second-order valence-corrected chi connectivity index (χ2v) is 4.29. The normalized spacial score (nSPS) is 12.7. The lowest BCUT2D eigenvalue weighted by Crippen LogP contribution is -2.46. The summed E-state index contributed by atoms with van der Waals surface area (Å²) in [6.07, 6.45) is 0.419. The van der Waals surface area contributed by atoms with Crippen molar-refractivity contribution in [2.75, 3.05) is 7.05 Å². The van der Waals surface area contributed by atoms with Crippen LogP contribution in [0.1, 0.15) is 11.5 Å². The van der Waals surface area contributed by atoms with E-state index in [0.29, 0.717) is 12.3 Å². The van der Waals surface area contributed by atoms with E-state index in [1.165, 1.54) is 7.05 Å². The van der Waals surface area contributed by atoms with E-state index in [-0.39, 0.29) is 5.91 Å². The highest BCUT2D eigenvalue weighted by Crippen LogP contribution is 2.17. The molecule has 18 heavy (non-hydrogen) atoms. The molecular formula is C12H16N4O2. The van der Waals surface area contributed by atoms with Crippen LogP contribution in [0.25, 0.3) is 11.1 Å². The van der Waals surface area contributed by atoms with Gasteiger partial charge in [0.2, 0.25) is 0 Å². The molecule has 6 heteroatoms. The largest absolute Gasteiger partial charge is 0.441 e. The number of aryl methyl sites for hydroxylation is 1. The van der Waals surface area contributed by atoms with Crippen molar-refractivity contribution in [3.05, 3.63) is 29.7 Å². The third-order valence-electron chi connectivity index (χ3n) is 2.68. The van der Waals surface area contributed by atoms with Crippen molar-refractivity contribution in [1.82, 2.24) is 9.99 Å². The van der Waals surface area contributed by atoms with Gasteiger partial charge in [-0.05, 0) is 24.1 Å². The highest BCUT2D eigenvalue weighted by molar-refractivity contribution is 5.81. The Hall–Kier alpha value is -1.92. The minimum Gasteiger partial charge on any atom is -0.441 e. The summed E-state index contributed by atoms with van der Waals surface area (Å²) in [4.78, 5) is 15.8. The first-order valence-electron chi connectivity index (χ1n) is 5.61. The van der Waals surface area contributed by atoms with Crippen LogP contribution in [0.15, 0.2) is 22.6 Å². The van der Waals surface area contributed by atoms with E-state index in [1.54, 1.807) is 6.92 Å². The Kier molecular flexibility index (Phi) is 3.31. The van der Waals surface area contributed by atoms with Crippen molar-refractivity contribution < 1.29 is 9.21 Å². The SMILES string of the molecule is Cc1nc2cc(CC(N)C(=O)N(C)N)ccc2o1. The molecule has 1 atom stereocenters. The first kappa shape index (κ1) is 12.5. The molecule has 6 nitrogen and oxygen atoms in total. The van der Waals surface area contributed by atoms with E-state index in [1.807, 2.05) is 18.2 Å². The van der Waals surface area contributed by atoms with E-state index in [4.69, 9.17) is 16.0 Å². The third-order valence-corrected chi connectivity index (χ3v) is 2.68. The number of amides is 1. The molecule has 2 aromatic rings. The Bertz CT molecular complexity index is 576. The topological polar surface area (TPSA) is 98.4 Å². The average molecular weight is 248 g/mol. The fourth-order valence-corrected chi connectivity index (χ4v) is 1.82. The van der Waals surface area contributed by atoms with Crippen LogP contribution >= 0.6 is 0 Å². The van der Waals surface area contributed by atoms with Crippen LogP contribution in [-0.2, 0) is 11.2 Å². The predicted octanol–water partition coefficient (Wildman–Crippen LogP) is 0.338. The number of benzene rings is 1. The molecule has 96 valence electrons. The van der Waals surface area contributed by atoms with Crippen LogP contribution < -0.4 is 11.6 Å². The molecule has 1 unspecified atom stereocenters. The van der Waals surface area contributed by atoms with Crippen LogP contribution in [0.2, 0.25) is 0 Å². The van der Waals surface area contributed by atoms with Crippen LogP contribution in [-0.4, -0.2) is 29.0 Å². The number of hydrazine groups is 1. The molecule has 1 aromatic heterocycles. The summed E-state index contributed by atoms with van der Waals surface area (Å²) in [5.74, 6) is 5.68. The van der Waals surface area contributed by atoms with Crippen molar-refractivity contribution in [3.8, 4) is 0 Å². The van der Waals surface area contributed by atoms with Gasteiger partial charge in [0.1, 0.15) is 5.52 Å². The number of carbonyl (C=O) groups excluding carboxylic acids is 1. The Balaban J connectivity index is 2.19. The molecule has 0 radical (unpaired) electrons. The Morgan fingerprint density at radius 2 is 2.28 bits per heavy atom. The Morgan fingerprint density at radius 1 is 1.56 bits per heavy atom. The number of rotatable bonds is 3. The van der Waals surface area contributed by atoms with E-state index < -0.39 is 6.04 Å². The first-order chi connectivity index (χ1) is 8.47. The number of fused-ring (bicyclic) bond motifs is 1. The lowest BCUT2D eigenvalue weighted by molar-refractivity contribution is -0.131. The smallest absolute Gasteiger partial charge is 0.253 e. The fourth-order valence-electron chi connectivity index (χ4n) is 1.82. The molecule has 1 heterocycles. The summed E-state index contributed by atoms with van der Waals surface area (Å²) in [5.41, 5.74) is 8.21. The van der Waals surface area contributed by atoms with Gasteiger partial charge in [-0.25, -0.2) is 10.8 Å². The number of oxazole rings is 1. The van der Waals surface area contributed by atoms with Gasteiger partial charge >= 0.3 is 0 Å². The van der Waals surface area contributed by atoms with Crippen molar-refractivity contribution in [1.29, 1.82) is 0 Å². The standard InChI is InChI=1S/C12H16N4O2/c1-7-15-10-6-8(3-4-11(10)18-7)5-9(13)12(17)16(2)14/h3-4,6,9H,5,13-14H2,1-2H3. The molecule has 0 bridgehead atoms. The highest BCUT2D eigenvalue weighted by atomic mass is 16.3. The van der Waals surface area contributed by atoms with Gasteiger partial charge in [-0.15, -0.1) is 0 Å². The molecule has 0 fully saturated rings. The maximum Gasteiger partial charge on any atom is 0.253 e. The molecule has 0 aliphatic heterocycles. The van der Waals surface area contributed by atoms with E-state index in [9.17, 15) is 4.79 Å². The zero-order valence-corrected chi connectivity index (χ0v) is 10.4. The number of aromatic nitrogens is 1. The fraction of sp³-hybridized carbons (Fsp3) is 0.333. The van der Waals surface area contributed by atoms with E-state index in [2.05, 4.69) is 4.98 Å². The number of carbonyl (C=O) groups is 1. The van der Waals surface area contributed by atoms with E-state index >= 15 is 0 Å². The Morgan fingerprint density at radius 3 is 2.94 bits per heavy atom. The van der Waals surface area contributed by atoms with Crippen molar-refractivity contribution in [2.24, 2.45) is 11.6 Å².